The van der Waals surface area contributed by atoms with Crippen molar-refractivity contribution < 1.29 is 4.79 Å². The van der Waals surface area contributed by atoms with E-state index in [1.165, 1.54) is 0 Å². The van der Waals surface area contributed by atoms with Crippen LogP contribution in [-0.4, -0.2) is 23.9 Å². The molecule has 1 N–H and O–H groups in total. The summed E-state index contributed by atoms with van der Waals surface area (Å²) in [5.74, 6) is 0.351. The molecule has 4 heteroatoms. The summed E-state index contributed by atoms with van der Waals surface area (Å²) in [6, 6.07) is 0. The summed E-state index contributed by atoms with van der Waals surface area (Å²) in [7, 11) is 0. The van der Waals surface area contributed by atoms with Crippen molar-refractivity contribution in [2.75, 3.05) is 13.1 Å². The molecule has 0 saturated carbocycles. The van der Waals surface area contributed by atoms with Gasteiger partial charge in [0.2, 0.25) is 0 Å². The lowest BCUT2D eigenvalue weighted by molar-refractivity contribution is -0.128. The summed E-state index contributed by atoms with van der Waals surface area (Å²) in [6.45, 7) is 10.5. The molecule has 0 atom stereocenters. The highest BCUT2D eigenvalue weighted by Crippen LogP contribution is 2.31. The van der Waals surface area contributed by atoms with Crippen LogP contribution in [0.1, 0.15) is 51.2 Å². The highest BCUT2D eigenvalue weighted by atomic mass is 32.1. The number of hydrogen-bond donors (Lipinski definition) is 1. The molecule has 0 spiro atoms. The lowest BCUT2D eigenvalue weighted by Crippen LogP contribution is -2.40. The fourth-order valence-electron chi connectivity index (χ4n) is 2.34. The van der Waals surface area contributed by atoms with Crippen molar-refractivity contribution in [2.24, 2.45) is 5.41 Å². The molecule has 1 fully saturated rings. The summed E-state index contributed by atoms with van der Waals surface area (Å²) in [6.07, 6.45) is 2.39. The van der Waals surface area contributed by atoms with Crippen molar-refractivity contribution >= 4 is 17.1 Å². The van der Waals surface area contributed by atoms with Gasteiger partial charge in [0.05, 0.1) is 12.1 Å². The van der Waals surface area contributed by atoms with E-state index in [9.17, 15) is 4.79 Å². The summed E-state index contributed by atoms with van der Waals surface area (Å²) >= 11 is 1.62. The van der Waals surface area contributed by atoms with Crippen LogP contribution in [0.4, 0.5) is 0 Å². The van der Waals surface area contributed by atoms with Gasteiger partial charge in [-0.25, -0.2) is 4.98 Å². The summed E-state index contributed by atoms with van der Waals surface area (Å²) < 4.78 is 0. The van der Waals surface area contributed by atoms with Crippen molar-refractivity contribution in [3.63, 3.8) is 0 Å². The van der Waals surface area contributed by atoms with Gasteiger partial charge in [-0.1, -0.05) is 27.7 Å². The number of Topliss-reactive ketones (excluding diaryl/α,β-unsaturated/α-hetero) is 1. The molecule has 2 rings (SSSR count). The first-order valence-corrected chi connectivity index (χ1v) is 7.88. The van der Waals surface area contributed by atoms with Crippen LogP contribution in [0.25, 0.3) is 0 Å². The van der Waals surface area contributed by atoms with Crippen molar-refractivity contribution in [3.8, 4) is 0 Å². The van der Waals surface area contributed by atoms with Gasteiger partial charge in [-0.05, 0) is 25.9 Å². The molecule has 0 aromatic carbocycles. The molecule has 0 radical (unpaired) electrons. The van der Waals surface area contributed by atoms with Crippen LogP contribution in [0.5, 0.6) is 0 Å². The van der Waals surface area contributed by atoms with Gasteiger partial charge in [0.25, 0.3) is 0 Å². The molecule has 0 bridgehead atoms. The van der Waals surface area contributed by atoms with E-state index in [-0.39, 0.29) is 10.8 Å². The Labute approximate surface area is 119 Å². The third-order valence-corrected chi connectivity index (χ3v) is 4.86. The largest absolute Gasteiger partial charge is 0.317 e. The molecule has 1 aromatic heterocycles. The minimum Gasteiger partial charge on any atom is -0.317 e. The number of ketones is 1. The van der Waals surface area contributed by atoms with E-state index in [1.807, 2.05) is 0 Å². The van der Waals surface area contributed by atoms with Gasteiger partial charge in [0.15, 0.2) is 0 Å². The summed E-state index contributed by atoms with van der Waals surface area (Å²) in [5, 5.41) is 6.38. The first-order valence-electron chi connectivity index (χ1n) is 7.00. The van der Waals surface area contributed by atoms with E-state index in [1.54, 1.807) is 11.3 Å². The average Bonchev–Trinajstić information content (AvgIpc) is 2.78. The van der Waals surface area contributed by atoms with Gasteiger partial charge in [-0.15, -0.1) is 11.3 Å². The van der Waals surface area contributed by atoms with Crippen LogP contribution >= 0.6 is 11.3 Å². The quantitative estimate of drug-likeness (QED) is 0.925. The Balaban J connectivity index is 2.04. The smallest absolute Gasteiger partial charge is 0.145 e. The Hall–Kier alpha value is -0.740. The van der Waals surface area contributed by atoms with E-state index >= 15 is 0 Å². The van der Waals surface area contributed by atoms with Gasteiger partial charge < -0.3 is 5.32 Å². The molecule has 3 nitrogen and oxygen atoms in total. The van der Waals surface area contributed by atoms with Gasteiger partial charge in [-0.2, -0.15) is 0 Å². The van der Waals surface area contributed by atoms with E-state index in [0.717, 1.165) is 36.6 Å². The van der Waals surface area contributed by atoms with E-state index in [2.05, 4.69) is 43.4 Å². The molecule has 0 amide bonds. The number of nitrogens with one attached hydrogen (secondary N) is 1. The molecule has 1 aliphatic heterocycles. The van der Waals surface area contributed by atoms with Crippen LogP contribution in [0, 0.1) is 5.41 Å². The minimum absolute atomic E-state index is 0.0659. The number of nitrogens with zero attached hydrogens (tertiary/aromatic N) is 1. The monoisotopic (exact) mass is 280 g/mol. The lowest BCUT2D eigenvalue weighted by atomic mass is 9.76. The molecule has 1 aliphatic rings. The highest BCUT2D eigenvalue weighted by Gasteiger charge is 2.34. The predicted octanol–water partition coefficient (Wildman–Crippen LogP) is 2.94. The Morgan fingerprint density at radius 2 is 2.05 bits per heavy atom. The Morgan fingerprint density at radius 1 is 1.42 bits per heavy atom. The van der Waals surface area contributed by atoms with Crippen LogP contribution in [0.2, 0.25) is 0 Å². The Morgan fingerprint density at radius 3 is 2.58 bits per heavy atom. The number of hydrogen-bond acceptors (Lipinski definition) is 4. The maximum Gasteiger partial charge on any atom is 0.145 e. The minimum atomic E-state index is -0.154. The molecule has 2 heterocycles. The van der Waals surface area contributed by atoms with Crippen molar-refractivity contribution in [1.29, 1.82) is 0 Å². The Kier molecular flexibility index (Phi) is 4.11. The molecule has 0 aliphatic carbocycles. The van der Waals surface area contributed by atoms with Crippen LogP contribution in [0.15, 0.2) is 5.38 Å². The van der Waals surface area contributed by atoms with Crippen molar-refractivity contribution in [1.82, 2.24) is 10.3 Å². The average molecular weight is 280 g/mol. The first-order chi connectivity index (χ1) is 8.81. The van der Waals surface area contributed by atoms with Gasteiger partial charge in [0.1, 0.15) is 10.8 Å². The second-order valence-electron chi connectivity index (χ2n) is 6.79. The molecule has 1 aromatic rings. The van der Waals surface area contributed by atoms with E-state index < -0.39 is 0 Å². The van der Waals surface area contributed by atoms with Crippen molar-refractivity contribution in [2.45, 2.75) is 52.4 Å². The second kappa shape index (κ2) is 5.33. The van der Waals surface area contributed by atoms with Gasteiger partial charge in [-0.3, -0.25) is 4.79 Å². The summed E-state index contributed by atoms with van der Waals surface area (Å²) in [4.78, 5) is 17.1. The lowest BCUT2D eigenvalue weighted by Gasteiger charge is -2.32. The maximum atomic E-state index is 12.5. The van der Waals surface area contributed by atoms with E-state index in [0.29, 0.717) is 12.2 Å². The van der Waals surface area contributed by atoms with Crippen molar-refractivity contribution in [3.05, 3.63) is 16.1 Å². The molecule has 19 heavy (non-hydrogen) atoms. The van der Waals surface area contributed by atoms with Gasteiger partial charge >= 0.3 is 0 Å². The number of thiazole rings is 1. The molecule has 1 saturated heterocycles. The van der Waals surface area contributed by atoms with Gasteiger partial charge in [0, 0.05) is 16.2 Å². The third-order valence-electron chi connectivity index (χ3n) is 4.01. The SMILES string of the molecule is CC1(C(=O)Cc2nc(C(C)(C)C)cs2)CCNCC1. The zero-order valence-electron chi connectivity index (χ0n) is 12.4. The normalized spacial score (nSPS) is 19.4. The number of aromatic nitrogens is 1. The summed E-state index contributed by atoms with van der Waals surface area (Å²) in [5.41, 5.74) is 1.01. The number of rotatable bonds is 3. The number of carbonyl (C=O) groups excluding carboxylic acids is 1. The molecule has 0 unspecified atom stereocenters. The fraction of sp³-hybridized carbons (Fsp3) is 0.733. The third kappa shape index (κ3) is 3.42. The predicted molar refractivity (Wildman–Crippen MR) is 79.7 cm³/mol. The van der Waals surface area contributed by atoms with Crippen LogP contribution in [-0.2, 0) is 16.6 Å². The van der Waals surface area contributed by atoms with Crippen LogP contribution in [0.3, 0.4) is 0 Å². The number of piperidine rings is 1. The maximum absolute atomic E-state index is 12.5. The highest BCUT2D eigenvalue weighted by molar-refractivity contribution is 7.09. The standard InChI is InChI=1S/C15H24N2OS/c1-14(2,3)11-10-19-13(17-11)9-12(18)15(4)5-7-16-8-6-15/h10,16H,5-9H2,1-4H3. The Bertz CT molecular complexity index is 453. The fourth-order valence-corrected chi connectivity index (χ4v) is 3.36. The number of carbonyl (C=O) groups is 1. The zero-order valence-corrected chi connectivity index (χ0v) is 13.2. The molecular weight excluding hydrogens is 256 g/mol. The zero-order chi connectivity index (χ0) is 14.1. The topological polar surface area (TPSA) is 42.0 Å². The van der Waals surface area contributed by atoms with Crippen LogP contribution < -0.4 is 5.32 Å². The first kappa shape index (κ1) is 14.7. The van der Waals surface area contributed by atoms with E-state index in [4.69, 9.17) is 0 Å². The molecular formula is C15H24N2OS. The molecule has 106 valence electrons. The second-order valence-corrected chi connectivity index (χ2v) is 7.73.